The van der Waals surface area contributed by atoms with Gasteiger partial charge in [-0.15, -0.1) is 0 Å². The van der Waals surface area contributed by atoms with E-state index in [9.17, 15) is 9.59 Å². The van der Waals surface area contributed by atoms with E-state index in [1.165, 1.54) is 6.92 Å². The topological polar surface area (TPSA) is 84.2 Å². The van der Waals surface area contributed by atoms with E-state index in [1.54, 1.807) is 0 Å². The Morgan fingerprint density at radius 2 is 2.17 bits per heavy atom. The number of carbonyl (C=O) groups excluding carboxylic acids is 1. The molecule has 1 aromatic rings. The Bertz CT molecular complexity index is 440. The highest BCUT2D eigenvalue weighted by Crippen LogP contribution is 2.04. The van der Waals surface area contributed by atoms with Gasteiger partial charge in [0.05, 0.1) is 5.69 Å². The average Bonchev–Trinajstić information content (AvgIpc) is 2.57. The Labute approximate surface area is 106 Å². The van der Waals surface area contributed by atoms with Gasteiger partial charge in [0.25, 0.3) is 0 Å². The van der Waals surface area contributed by atoms with Gasteiger partial charge in [0.2, 0.25) is 5.91 Å². The number of rotatable bonds is 6. The van der Waals surface area contributed by atoms with Crippen molar-refractivity contribution in [3.8, 4) is 0 Å². The number of amides is 1. The highest BCUT2D eigenvalue weighted by atomic mass is 16.4. The van der Waals surface area contributed by atoms with Gasteiger partial charge in [0.1, 0.15) is 6.04 Å². The van der Waals surface area contributed by atoms with Crippen molar-refractivity contribution in [1.82, 2.24) is 15.1 Å². The van der Waals surface area contributed by atoms with Crippen LogP contribution < -0.4 is 5.32 Å². The van der Waals surface area contributed by atoms with Crippen LogP contribution in [0.15, 0.2) is 6.07 Å². The monoisotopic (exact) mass is 253 g/mol. The summed E-state index contributed by atoms with van der Waals surface area (Å²) in [5.41, 5.74) is 2.02. The molecule has 0 aliphatic rings. The molecule has 6 heteroatoms. The zero-order valence-electron chi connectivity index (χ0n) is 10.9. The van der Waals surface area contributed by atoms with Gasteiger partial charge >= 0.3 is 5.97 Å². The molecule has 100 valence electrons. The second-order valence-electron chi connectivity index (χ2n) is 4.38. The summed E-state index contributed by atoms with van der Waals surface area (Å²) in [7, 11) is 0. The summed E-state index contributed by atoms with van der Waals surface area (Å²) in [5.74, 6) is -1.27. The van der Waals surface area contributed by atoms with Gasteiger partial charge in [-0.3, -0.25) is 14.3 Å². The van der Waals surface area contributed by atoms with Crippen LogP contribution in [-0.2, 0) is 16.1 Å². The van der Waals surface area contributed by atoms with Crippen molar-refractivity contribution in [1.29, 1.82) is 0 Å². The first kappa shape index (κ1) is 14.2. The zero-order valence-corrected chi connectivity index (χ0v) is 10.9. The Balaban J connectivity index is 2.32. The average molecular weight is 253 g/mol. The van der Waals surface area contributed by atoms with Gasteiger partial charge in [-0.05, 0) is 33.3 Å². The molecule has 0 radical (unpaired) electrons. The lowest BCUT2D eigenvalue weighted by atomic mass is 10.2. The van der Waals surface area contributed by atoms with E-state index in [0.29, 0.717) is 19.4 Å². The third-order valence-corrected chi connectivity index (χ3v) is 2.63. The second kappa shape index (κ2) is 6.18. The second-order valence-corrected chi connectivity index (χ2v) is 4.38. The minimum Gasteiger partial charge on any atom is -0.480 e. The largest absolute Gasteiger partial charge is 0.480 e. The van der Waals surface area contributed by atoms with E-state index in [2.05, 4.69) is 10.4 Å². The Hall–Kier alpha value is -1.85. The maximum atomic E-state index is 11.4. The summed E-state index contributed by atoms with van der Waals surface area (Å²) in [6.07, 6.45) is 0.941. The molecule has 1 heterocycles. The molecule has 0 saturated heterocycles. The van der Waals surface area contributed by atoms with Gasteiger partial charge in [-0.1, -0.05) is 0 Å². The lowest BCUT2D eigenvalue weighted by Crippen LogP contribution is -2.38. The van der Waals surface area contributed by atoms with E-state index >= 15 is 0 Å². The molecular weight excluding hydrogens is 234 g/mol. The molecule has 0 fully saturated rings. The van der Waals surface area contributed by atoms with Crippen LogP contribution in [0.1, 0.15) is 31.2 Å². The summed E-state index contributed by atoms with van der Waals surface area (Å²) >= 11 is 0. The smallest absolute Gasteiger partial charge is 0.325 e. The molecule has 0 aliphatic heterocycles. The fraction of sp³-hybridized carbons (Fsp3) is 0.583. The Morgan fingerprint density at radius 3 is 2.67 bits per heavy atom. The number of aryl methyl sites for hydroxylation is 3. The number of nitrogens with one attached hydrogen (secondary N) is 1. The van der Waals surface area contributed by atoms with Crippen molar-refractivity contribution in [3.63, 3.8) is 0 Å². The first-order valence-electron chi connectivity index (χ1n) is 5.93. The fourth-order valence-corrected chi connectivity index (χ4v) is 1.67. The van der Waals surface area contributed by atoms with Crippen molar-refractivity contribution in [2.24, 2.45) is 0 Å². The maximum absolute atomic E-state index is 11.4. The maximum Gasteiger partial charge on any atom is 0.325 e. The molecule has 0 aliphatic carbocycles. The number of aromatic nitrogens is 2. The summed E-state index contributed by atoms with van der Waals surface area (Å²) in [4.78, 5) is 22.0. The normalized spacial score (nSPS) is 12.2. The van der Waals surface area contributed by atoms with Gasteiger partial charge in [-0.25, -0.2) is 0 Å². The quantitative estimate of drug-likeness (QED) is 0.787. The lowest BCUT2D eigenvalue weighted by Gasteiger charge is -2.09. The van der Waals surface area contributed by atoms with Crippen LogP contribution in [0.2, 0.25) is 0 Å². The van der Waals surface area contributed by atoms with E-state index in [-0.39, 0.29) is 5.91 Å². The summed E-state index contributed by atoms with van der Waals surface area (Å²) in [5, 5.41) is 15.3. The zero-order chi connectivity index (χ0) is 13.7. The molecule has 1 aromatic heterocycles. The standard InChI is InChI=1S/C12H19N3O3/c1-8-7-9(2)15(14-8)6-4-5-11(16)13-10(3)12(17)18/h7,10H,4-6H2,1-3H3,(H,13,16)(H,17,18)/t10-/m1/s1. The highest BCUT2D eigenvalue weighted by Gasteiger charge is 2.13. The molecule has 1 rings (SSSR count). The van der Waals surface area contributed by atoms with Gasteiger partial charge in [-0.2, -0.15) is 5.10 Å². The molecule has 2 N–H and O–H groups in total. The number of carboxylic acid groups (broad SMARTS) is 1. The SMILES string of the molecule is Cc1cc(C)n(CCCC(=O)N[C@H](C)C(=O)O)n1. The predicted molar refractivity (Wildman–Crippen MR) is 66.2 cm³/mol. The Morgan fingerprint density at radius 1 is 1.50 bits per heavy atom. The third kappa shape index (κ3) is 4.20. The molecule has 1 amide bonds. The molecule has 0 aromatic carbocycles. The molecule has 0 saturated carbocycles. The minimum atomic E-state index is -1.03. The van der Waals surface area contributed by atoms with E-state index in [4.69, 9.17) is 5.11 Å². The van der Waals surface area contributed by atoms with Gasteiger partial charge in [0, 0.05) is 18.7 Å². The lowest BCUT2D eigenvalue weighted by molar-refractivity contribution is -0.141. The van der Waals surface area contributed by atoms with Crippen LogP contribution in [0.5, 0.6) is 0 Å². The van der Waals surface area contributed by atoms with Crippen LogP contribution in [0.3, 0.4) is 0 Å². The summed E-state index contributed by atoms with van der Waals surface area (Å²) in [6, 6.07) is 1.14. The molecular formula is C12H19N3O3. The Kier molecular flexibility index (Phi) is 4.88. The molecule has 1 atom stereocenters. The molecule has 18 heavy (non-hydrogen) atoms. The van der Waals surface area contributed by atoms with E-state index in [0.717, 1.165) is 11.4 Å². The van der Waals surface area contributed by atoms with Crippen molar-refractivity contribution in [3.05, 3.63) is 17.5 Å². The number of carbonyl (C=O) groups is 2. The number of carboxylic acids is 1. The highest BCUT2D eigenvalue weighted by molar-refractivity contribution is 5.83. The molecule has 6 nitrogen and oxygen atoms in total. The van der Waals surface area contributed by atoms with Crippen LogP contribution >= 0.6 is 0 Å². The van der Waals surface area contributed by atoms with Crippen LogP contribution in [-0.4, -0.2) is 32.8 Å². The van der Waals surface area contributed by atoms with Crippen molar-refractivity contribution in [2.75, 3.05) is 0 Å². The third-order valence-electron chi connectivity index (χ3n) is 2.63. The molecule has 0 unspecified atom stereocenters. The molecule has 0 bridgehead atoms. The number of hydrogen-bond donors (Lipinski definition) is 2. The first-order chi connectivity index (χ1) is 8.40. The first-order valence-corrected chi connectivity index (χ1v) is 5.93. The van der Waals surface area contributed by atoms with Gasteiger partial charge < -0.3 is 10.4 Å². The number of aliphatic carboxylic acids is 1. The predicted octanol–water partition coefficient (Wildman–Crippen LogP) is 0.869. The van der Waals surface area contributed by atoms with Crippen molar-refractivity contribution < 1.29 is 14.7 Å². The number of nitrogens with zero attached hydrogens (tertiary/aromatic N) is 2. The summed E-state index contributed by atoms with van der Waals surface area (Å²) < 4.78 is 1.85. The van der Waals surface area contributed by atoms with Crippen LogP contribution in [0.25, 0.3) is 0 Å². The molecule has 0 spiro atoms. The van der Waals surface area contributed by atoms with Crippen molar-refractivity contribution >= 4 is 11.9 Å². The van der Waals surface area contributed by atoms with Crippen LogP contribution in [0.4, 0.5) is 0 Å². The minimum absolute atomic E-state index is 0.244. The van der Waals surface area contributed by atoms with Crippen molar-refractivity contribution in [2.45, 2.75) is 46.2 Å². The number of hydrogen-bond acceptors (Lipinski definition) is 3. The van der Waals surface area contributed by atoms with E-state index < -0.39 is 12.0 Å². The fourth-order valence-electron chi connectivity index (χ4n) is 1.67. The van der Waals surface area contributed by atoms with Gasteiger partial charge in [0.15, 0.2) is 0 Å². The summed E-state index contributed by atoms with van der Waals surface area (Å²) in [6.45, 7) is 5.99. The van der Waals surface area contributed by atoms with E-state index in [1.807, 2.05) is 24.6 Å². The van der Waals surface area contributed by atoms with Crippen LogP contribution in [0, 0.1) is 13.8 Å².